The summed E-state index contributed by atoms with van der Waals surface area (Å²) >= 11 is 3.32. The zero-order valence-electron chi connectivity index (χ0n) is 17.6. The second kappa shape index (κ2) is 9.91. The molecule has 0 aliphatic carbocycles. The topological polar surface area (TPSA) is 96.3 Å². The minimum atomic E-state index is -4.08. The van der Waals surface area contributed by atoms with Crippen molar-refractivity contribution in [3.8, 4) is 11.8 Å². The Morgan fingerprint density at radius 3 is 2.38 bits per heavy atom. The maximum absolute atomic E-state index is 12.8. The molecule has 8 heteroatoms. The van der Waals surface area contributed by atoms with E-state index in [2.05, 4.69) is 21.2 Å². The molecule has 4 aromatic carbocycles. The summed E-state index contributed by atoms with van der Waals surface area (Å²) in [5.74, 6) is -0.521. The third kappa shape index (κ3) is 5.52. The predicted octanol–water partition coefficient (Wildman–Crippen LogP) is 5.92. The Balaban J connectivity index is 1.55. The number of hydrogen-bond donors (Lipinski definition) is 1. The number of rotatable bonds is 6. The van der Waals surface area contributed by atoms with Crippen molar-refractivity contribution in [2.45, 2.75) is 4.90 Å². The summed E-state index contributed by atoms with van der Waals surface area (Å²) in [6, 6.07) is 27.1. The van der Waals surface area contributed by atoms with Gasteiger partial charge in [0.15, 0.2) is 0 Å². The quantitative estimate of drug-likeness (QED) is 0.189. The lowest BCUT2D eigenvalue weighted by Gasteiger charge is -2.09. The first-order chi connectivity index (χ1) is 16.3. The number of hydrogen-bond acceptors (Lipinski definition) is 5. The second-order valence-corrected chi connectivity index (χ2v) is 9.71. The van der Waals surface area contributed by atoms with Gasteiger partial charge in [-0.3, -0.25) is 4.79 Å². The Morgan fingerprint density at radius 1 is 0.912 bits per heavy atom. The predicted molar refractivity (Wildman–Crippen MR) is 135 cm³/mol. The van der Waals surface area contributed by atoms with Crippen LogP contribution in [0, 0.1) is 11.3 Å². The van der Waals surface area contributed by atoms with Gasteiger partial charge in [-0.1, -0.05) is 58.4 Å². The summed E-state index contributed by atoms with van der Waals surface area (Å²) < 4.78 is 31.8. The molecule has 1 N–H and O–H groups in total. The highest BCUT2D eigenvalue weighted by Gasteiger charge is 2.17. The average molecular weight is 533 g/mol. The van der Waals surface area contributed by atoms with Gasteiger partial charge >= 0.3 is 10.1 Å². The Labute approximate surface area is 205 Å². The van der Waals surface area contributed by atoms with Crippen LogP contribution in [-0.2, 0) is 14.9 Å². The van der Waals surface area contributed by atoms with E-state index in [1.54, 1.807) is 48.5 Å². The third-order valence-corrected chi connectivity index (χ3v) is 6.62. The van der Waals surface area contributed by atoms with Crippen LogP contribution in [-0.4, -0.2) is 14.3 Å². The number of benzene rings is 4. The van der Waals surface area contributed by atoms with Crippen molar-refractivity contribution in [1.29, 1.82) is 5.26 Å². The van der Waals surface area contributed by atoms with Crippen LogP contribution in [0.4, 0.5) is 5.69 Å². The lowest BCUT2D eigenvalue weighted by atomic mass is 10.1. The Morgan fingerprint density at radius 2 is 1.65 bits per heavy atom. The molecule has 0 bridgehead atoms. The van der Waals surface area contributed by atoms with Gasteiger partial charge < -0.3 is 9.50 Å². The van der Waals surface area contributed by atoms with E-state index in [4.69, 9.17) is 4.18 Å². The first-order valence-corrected chi connectivity index (χ1v) is 12.3. The Bertz CT molecular complexity index is 1560. The third-order valence-electron chi connectivity index (χ3n) is 4.85. The highest BCUT2D eigenvalue weighted by molar-refractivity contribution is 9.10. The standard InChI is InChI=1S/C26H17BrN2O4S/c27-22-9-11-23(12-10-22)29-26(30)21(17-28)14-18-4-3-7-24(15-18)33-34(31,32)25-13-8-19-5-1-2-6-20(19)16-25/h1-16H,(H,29,30). The smallest absolute Gasteiger partial charge is 0.339 e. The molecule has 1 amide bonds. The van der Waals surface area contributed by atoms with E-state index in [9.17, 15) is 18.5 Å². The van der Waals surface area contributed by atoms with Gasteiger partial charge in [0.2, 0.25) is 0 Å². The monoisotopic (exact) mass is 532 g/mol. The van der Waals surface area contributed by atoms with Crippen molar-refractivity contribution in [3.63, 3.8) is 0 Å². The van der Waals surface area contributed by atoms with E-state index in [1.807, 2.05) is 30.3 Å². The molecule has 0 aliphatic heterocycles. The summed E-state index contributed by atoms with van der Waals surface area (Å²) in [6.45, 7) is 0. The van der Waals surface area contributed by atoms with Crippen LogP contribution in [0.3, 0.4) is 0 Å². The van der Waals surface area contributed by atoms with Gasteiger partial charge in [-0.2, -0.15) is 13.7 Å². The van der Waals surface area contributed by atoms with E-state index in [-0.39, 0.29) is 16.2 Å². The number of nitrogens with zero attached hydrogens (tertiary/aromatic N) is 1. The molecule has 0 radical (unpaired) electrons. The van der Waals surface area contributed by atoms with Gasteiger partial charge in [-0.15, -0.1) is 0 Å². The number of carbonyl (C=O) groups excluding carboxylic acids is 1. The van der Waals surface area contributed by atoms with Gasteiger partial charge in [0.25, 0.3) is 5.91 Å². The maximum Gasteiger partial charge on any atom is 0.339 e. The maximum atomic E-state index is 12.8. The van der Waals surface area contributed by atoms with Gasteiger partial charge in [-0.05, 0) is 70.9 Å². The second-order valence-electron chi connectivity index (χ2n) is 7.25. The first kappa shape index (κ1) is 23.2. The number of carbonyl (C=O) groups is 1. The highest BCUT2D eigenvalue weighted by Crippen LogP contribution is 2.24. The summed E-state index contributed by atoms with van der Waals surface area (Å²) in [4.78, 5) is 12.5. The molecule has 0 unspecified atom stereocenters. The van der Waals surface area contributed by atoms with Gasteiger partial charge in [0.1, 0.15) is 22.3 Å². The van der Waals surface area contributed by atoms with Gasteiger partial charge in [-0.25, -0.2) is 0 Å². The minimum Gasteiger partial charge on any atom is -0.379 e. The molecule has 168 valence electrons. The summed E-state index contributed by atoms with van der Waals surface area (Å²) in [7, 11) is -4.08. The molecule has 0 saturated heterocycles. The fraction of sp³-hybridized carbons (Fsp3) is 0. The molecule has 0 aliphatic rings. The van der Waals surface area contributed by atoms with Crippen molar-refractivity contribution >= 4 is 54.5 Å². The van der Waals surface area contributed by atoms with Crippen LogP contribution in [0.15, 0.2) is 106 Å². The van der Waals surface area contributed by atoms with Gasteiger partial charge in [0.05, 0.1) is 0 Å². The highest BCUT2D eigenvalue weighted by atomic mass is 79.9. The summed E-state index contributed by atoms with van der Waals surface area (Å²) in [5, 5.41) is 13.8. The van der Waals surface area contributed by atoms with Crippen molar-refractivity contribution in [2.75, 3.05) is 5.32 Å². The molecule has 6 nitrogen and oxygen atoms in total. The van der Waals surface area contributed by atoms with E-state index in [0.717, 1.165) is 15.2 Å². The number of anilines is 1. The molecule has 0 fully saturated rings. The zero-order chi connectivity index (χ0) is 24.1. The lowest BCUT2D eigenvalue weighted by Crippen LogP contribution is -2.13. The summed E-state index contributed by atoms with van der Waals surface area (Å²) in [5.41, 5.74) is 0.832. The molecule has 0 aromatic heterocycles. The van der Waals surface area contributed by atoms with E-state index < -0.39 is 16.0 Å². The van der Waals surface area contributed by atoms with Crippen molar-refractivity contribution < 1.29 is 17.4 Å². The fourth-order valence-corrected chi connectivity index (χ4v) is 4.42. The molecular weight excluding hydrogens is 516 g/mol. The van der Waals surface area contributed by atoms with Crippen LogP contribution >= 0.6 is 15.9 Å². The van der Waals surface area contributed by atoms with Crippen LogP contribution in [0.1, 0.15) is 5.56 Å². The lowest BCUT2D eigenvalue weighted by molar-refractivity contribution is -0.112. The zero-order valence-corrected chi connectivity index (χ0v) is 20.0. The Kier molecular flexibility index (Phi) is 6.77. The molecule has 34 heavy (non-hydrogen) atoms. The number of amides is 1. The van der Waals surface area contributed by atoms with E-state index >= 15 is 0 Å². The number of halogens is 1. The van der Waals surface area contributed by atoms with Crippen LogP contribution < -0.4 is 9.50 Å². The molecule has 0 atom stereocenters. The van der Waals surface area contributed by atoms with Crippen molar-refractivity contribution in [3.05, 3.63) is 107 Å². The molecule has 4 rings (SSSR count). The van der Waals surface area contributed by atoms with E-state index in [1.165, 1.54) is 24.3 Å². The average Bonchev–Trinajstić information content (AvgIpc) is 2.83. The van der Waals surface area contributed by atoms with Gasteiger partial charge in [0, 0.05) is 10.2 Å². The van der Waals surface area contributed by atoms with Crippen LogP contribution in [0.5, 0.6) is 5.75 Å². The molecule has 4 aromatic rings. The normalized spacial score (nSPS) is 11.6. The number of nitriles is 1. The number of fused-ring (bicyclic) bond motifs is 1. The summed E-state index contributed by atoms with van der Waals surface area (Å²) in [6.07, 6.45) is 1.36. The molecule has 0 spiro atoms. The minimum absolute atomic E-state index is 0.0266. The first-order valence-electron chi connectivity index (χ1n) is 10.1. The van der Waals surface area contributed by atoms with E-state index in [0.29, 0.717) is 11.3 Å². The number of nitrogens with one attached hydrogen (secondary N) is 1. The molecular formula is C26H17BrN2O4S. The molecule has 0 saturated carbocycles. The van der Waals surface area contributed by atoms with Crippen LogP contribution in [0.25, 0.3) is 16.8 Å². The van der Waals surface area contributed by atoms with Crippen molar-refractivity contribution in [1.82, 2.24) is 0 Å². The van der Waals surface area contributed by atoms with Crippen LogP contribution in [0.2, 0.25) is 0 Å². The SMILES string of the molecule is N#CC(=Cc1cccc(OS(=O)(=O)c2ccc3ccccc3c2)c1)C(=O)Nc1ccc(Br)cc1. The fourth-order valence-electron chi connectivity index (χ4n) is 3.20. The Hall–Kier alpha value is -3.93. The largest absolute Gasteiger partial charge is 0.379 e. The van der Waals surface area contributed by atoms with Crippen molar-refractivity contribution in [2.24, 2.45) is 0 Å². The molecule has 0 heterocycles.